The molecule has 1 saturated heterocycles. The zero-order valence-corrected chi connectivity index (χ0v) is 16.7. The highest BCUT2D eigenvalue weighted by Crippen LogP contribution is 2.41. The molecule has 4 rings (SSSR count). The van der Waals surface area contributed by atoms with E-state index in [9.17, 15) is 26.7 Å². The average molecular weight is 445 g/mol. The van der Waals surface area contributed by atoms with Crippen LogP contribution in [0.1, 0.15) is 49.5 Å². The Bertz CT molecular complexity index is 959. The lowest BCUT2D eigenvalue weighted by molar-refractivity contribution is -0.183. The van der Waals surface area contributed by atoms with Gasteiger partial charge in [0.25, 0.3) is 0 Å². The van der Waals surface area contributed by atoms with E-state index in [1.165, 1.54) is 4.52 Å². The van der Waals surface area contributed by atoms with Crippen LogP contribution in [0.3, 0.4) is 0 Å². The minimum absolute atomic E-state index is 0.0583. The van der Waals surface area contributed by atoms with Gasteiger partial charge in [0.2, 0.25) is 11.8 Å². The van der Waals surface area contributed by atoms with Crippen molar-refractivity contribution in [3.05, 3.63) is 29.7 Å². The molecule has 2 aromatic rings. The molecule has 11 heteroatoms. The number of carbonyl (C=O) groups excluding carboxylic acids is 1. The molecule has 0 spiro atoms. The van der Waals surface area contributed by atoms with Crippen LogP contribution in [0, 0.1) is 17.8 Å². The van der Waals surface area contributed by atoms with E-state index in [1.54, 1.807) is 18.3 Å². The highest BCUT2D eigenvalue weighted by Gasteiger charge is 2.44. The molecular weight excluding hydrogens is 421 g/mol. The molecule has 1 unspecified atom stereocenters. The summed E-state index contributed by atoms with van der Waals surface area (Å²) in [4.78, 5) is 16.4. The van der Waals surface area contributed by atoms with E-state index in [0.29, 0.717) is 29.9 Å². The van der Waals surface area contributed by atoms with E-state index in [4.69, 9.17) is 5.73 Å². The van der Waals surface area contributed by atoms with Crippen molar-refractivity contribution in [3.8, 4) is 0 Å². The Hall–Kier alpha value is -2.30. The number of aromatic nitrogens is 3. The number of rotatable bonds is 4. The van der Waals surface area contributed by atoms with Gasteiger partial charge in [-0.05, 0) is 37.3 Å². The molecule has 1 amide bonds. The third kappa shape index (κ3) is 4.81. The molecule has 6 nitrogen and oxygen atoms in total. The third-order valence-electron chi connectivity index (χ3n) is 6.30. The molecule has 170 valence electrons. The number of fused-ring (bicyclic) bond motifs is 1. The summed E-state index contributed by atoms with van der Waals surface area (Å²) in [5, 5.41) is 6.68. The van der Waals surface area contributed by atoms with Gasteiger partial charge >= 0.3 is 6.18 Å². The van der Waals surface area contributed by atoms with Crippen molar-refractivity contribution >= 4 is 11.6 Å². The van der Waals surface area contributed by atoms with Crippen LogP contribution in [0.5, 0.6) is 0 Å². The number of nitrogens with one attached hydrogen (secondary N) is 1. The average Bonchev–Trinajstić information content (AvgIpc) is 3.11. The van der Waals surface area contributed by atoms with Crippen molar-refractivity contribution in [3.63, 3.8) is 0 Å². The second-order valence-corrected chi connectivity index (χ2v) is 8.65. The van der Waals surface area contributed by atoms with Gasteiger partial charge in [-0.15, -0.1) is 0 Å². The van der Waals surface area contributed by atoms with Crippen molar-refractivity contribution in [2.75, 3.05) is 6.54 Å². The van der Waals surface area contributed by atoms with Gasteiger partial charge in [0.1, 0.15) is 0 Å². The molecule has 4 atom stereocenters. The van der Waals surface area contributed by atoms with Crippen LogP contribution in [0.25, 0.3) is 5.65 Å². The van der Waals surface area contributed by atoms with E-state index in [1.807, 2.05) is 0 Å². The maximum Gasteiger partial charge on any atom is 0.393 e. The summed E-state index contributed by atoms with van der Waals surface area (Å²) in [6, 6.07) is 2.58. The van der Waals surface area contributed by atoms with Crippen LogP contribution in [0.15, 0.2) is 18.3 Å². The first kappa shape index (κ1) is 21.9. The maximum atomic E-state index is 13.7. The van der Waals surface area contributed by atoms with Gasteiger partial charge < -0.3 is 11.1 Å². The number of imidazole rings is 1. The van der Waals surface area contributed by atoms with Gasteiger partial charge in [-0.3, -0.25) is 4.79 Å². The number of amides is 1. The first-order valence-corrected chi connectivity index (χ1v) is 10.3. The zero-order valence-electron chi connectivity index (χ0n) is 16.7. The SMILES string of the molecule is N[C@H](c1cn2nc(CC3C[C@@H](C(F)(F)F)CNC3=O)ccc2n1)[C@H]1CCCC(F)(F)C1. The first-order valence-electron chi connectivity index (χ1n) is 10.3. The van der Waals surface area contributed by atoms with E-state index in [-0.39, 0.29) is 25.7 Å². The lowest BCUT2D eigenvalue weighted by Gasteiger charge is -2.31. The number of halogens is 5. The van der Waals surface area contributed by atoms with Crippen molar-refractivity contribution in [1.82, 2.24) is 19.9 Å². The highest BCUT2D eigenvalue weighted by molar-refractivity contribution is 5.79. The molecule has 1 saturated carbocycles. The molecule has 1 aliphatic carbocycles. The summed E-state index contributed by atoms with van der Waals surface area (Å²) in [6.45, 7) is -0.408. The second kappa shape index (κ2) is 7.99. The van der Waals surface area contributed by atoms with E-state index < -0.39 is 48.3 Å². The lowest BCUT2D eigenvalue weighted by Crippen LogP contribution is -2.47. The summed E-state index contributed by atoms with van der Waals surface area (Å²) in [5.74, 6) is -5.95. The van der Waals surface area contributed by atoms with Crippen LogP contribution in [0.2, 0.25) is 0 Å². The van der Waals surface area contributed by atoms with Crippen molar-refractivity contribution in [2.24, 2.45) is 23.5 Å². The first-order chi connectivity index (χ1) is 14.5. The Labute approximate surface area is 175 Å². The van der Waals surface area contributed by atoms with Crippen LogP contribution >= 0.6 is 0 Å². The molecule has 2 fully saturated rings. The van der Waals surface area contributed by atoms with E-state index in [0.717, 1.165) is 0 Å². The van der Waals surface area contributed by atoms with E-state index >= 15 is 0 Å². The Morgan fingerprint density at radius 1 is 1.32 bits per heavy atom. The quantitative estimate of drug-likeness (QED) is 0.707. The van der Waals surface area contributed by atoms with Crippen LogP contribution in [-0.2, 0) is 11.2 Å². The Morgan fingerprint density at radius 2 is 2.10 bits per heavy atom. The van der Waals surface area contributed by atoms with Gasteiger partial charge in [-0.2, -0.15) is 18.3 Å². The zero-order chi connectivity index (χ0) is 22.4. The predicted octanol–water partition coefficient (Wildman–Crippen LogP) is 3.41. The van der Waals surface area contributed by atoms with Crippen LogP contribution in [0.4, 0.5) is 22.0 Å². The summed E-state index contributed by atoms with van der Waals surface area (Å²) in [7, 11) is 0. The summed E-state index contributed by atoms with van der Waals surface area (Å²) < 4.78 is 68.0. The number of nitrogens with two attached hydrogens (primary N) is 1. The second-order valence-electron chi connectivity index (χ2n) is 8.65. The monoisotopic (exact) mass is 445 g/mol. The minimum atomic E-state index is -4.37. The van der Waals surface area contributed by atoms with Gasteiger partial charge in [-0.25, -0.2) is 18.3 Å². The summed E-state index contributed by atoms with van der Waals surface area (Å²) in [5.41, 5.74) is 7.56. The number of alkyl halides is 5. The smallest absolute Gasteiger partial charge is 0.355 e. The molecule has 31 heavy (non-hydrogen) atoms. The van der Waals surface area contributed by atoms with Gasteiger partial charge in [0.15, 0.2) is 5.65 Å². The third-order valence-corrected chi connectivity index (χ3v) is 6.30. The van der Waals surface area contributed by atoms with Gasteiger partial charge in [-0.1, -0.05) is 0 Å². The van der Waals surface area contributed by atoms with Crippen molar-refractivity contribution in [1.29, 1.82) is 0 Å². The molecular formula is C20H24F5N5O. The Morgan fingerprint density at radius 3 is 2.81 bits per heavy atom. The summed E-state index contributed by atoms with van der Waals surface area (Å²) in [6.07, 6.45) is -2.43. The molecule has 0 bridgehead atoms. The molecule has 0 aromatic carbocycles. The van der Waals surface area contributed by atoms with Gasteiger partial charge in [0, 0.05) is 31.7 Å². The van der Waals surface area contributed by atoms with Crippen LogP contribution < -0.4 is 11.1 Å². The minimum Gasteiger partial charge on any atom is -0.355 e. The highest BCUT2D eigenvalue weighted by atomic mass is 19.4. The fraction of sp³-hybridized carbons (Fsp3) is 0.650. The normalized spacial score (nSPS) is 27.8. The lowest BCUT2D eigenvalue weighted by atomic mass is 9.81. The van der Waals surface area contributed by atoms with Crippen molar-refractivity contribution in [2.45, 2.75) is 56.7 Å². The molecule has 0 radical (unpaired) electrons. The van der Waals surface area contributed by atoms with Gasteiger partial charge in [0.05, 0.1) is 29.5 Å². The number of hydrogen-bond acceptors (Lipinski definition) is 4. The fourth-order valence-corrected chi connectivity index (χ4v) is 4.55. The number of hydrogen-bond donors (Lipinski definition) is 2. The Balaban J connectivity index is 1.49. The molecule has 2 aliphatic rings. The number of carbonyl (C=O) groups is 1. The maximum absolute atomic E-state index is 13.7. The van der Waals surface area contributed by atoms with E-state index in [2.05, 4.69) is 15.4 Å². The van der Waals surface area contributed by atoms with Crippen LogP contribution in [-0.4, -0.2) is 39.1 Å². The molecule has 1 aliphatic heterocycles. The molecule has 3 heterocycles. The fourth-order valence-electron chi connectivity index (χ4n) is 4.55. The Kier molecular flexibility index (Phi) is 5.65. The number of piperidine rings is 1. The largest absolute Gasteiger partial charge is 0.393 e. The summed E-state index contributed by atoms with van der Waals surface area (Å²) >= 11 is 0. The standard InChI is InChI=1S/C20H24F5N5O/c21-19(22)5-1-2-11(8-19)17(26)15-10-30-16(28-15)4-3-14(29-30)7-12-6-13(20(23,24)25)9-27-18(12)31/h3-4,10-13,17H,1-2,5-9,26H2,(H,27,31)/t11-,12?,13+,17-/m0/s1. The molecule has 2 aromatic heterocycles. The number of nitrogens with zero attached hydrogens (tertiary/aromatic N) is 3. The predicted molar refractivity (Wildman–Crippen MR) is 101 cm³/mol. The molecule has 3 N–H and O–H groups in total. The topological polar surface area (TPSA) is 85.3 Å². The van der Waals surface area contributed by atoms with Crippen molar-refractivity contribution < 1.29 is 26.7 Å².